The highest BCUT2D eigenvalue weighted by Gasteiger charge is 2.36. The van der Waals surface area contributed by atoms with Gasteiger partial charge in [0.15, 0.2) is 8.32 Å². The molecule has 5 nitrogen and oxygen atoms in total. The van der Waals surface area contributed by atoms with Crippen molar-refractivity contribution >= 4 is 14.4 Å². The highest BCUT2D eigenvalue weighted by molar-refractivity contribution is 6.74. The van der Waals surface area contributed by atoms with Crippen molar-refractivity contribution in [1.29, 1.82) is 0 Å². The summed E-state index contributed by atoms with van der Waals surface area (Å²) in [4.78, 5) is 10.2. The highest BCUT2D eigenvalue weighted by atomic mass is 28.4. The summed E-state index contributed by atoms with van der Waals surface area (Å²) in [5, 5.41) is 10.9. The fraction of sp³-hybridized carbons (Fsp3) is 0.929. The summed E-state index contributed by atoms with van der Waals surface area (Å²) >= 11 is 0. The van der Waals surface area contributed by atoms with E-state index in [4.69, 9.17) is 14.3 Å². The molecule has 0 atom stereocenters. The number of nitrogens with one attached hydrogen (secondary N) is 1. The fourth-order valence-corrected chi connectivity index (χ4v) is 2.45. The van der Waals surface area contributed by atoms with Crippen molar-refractivity contribution in [2.45, 2.75) is 58.2 Å². The van der Waals surface area contributed by atoms with Gasteiger partial charge in [-0.15, -0.1) is 0 Å². The van der Waals surface area contributed by atoms with Gasteiger partial charge in [0.05, 0.1) is 6.61 Å². The molecule has 0 spiro atoms. The lowest BCUT2D eigenvalue weighted by Crippen LogP contribution is -2.40. The van der Waals surface area contributed by atoms with E-state index < -0.39 is 14.4 Å². The van der Waals surface area contributed by atoms with Crippen molar-refractivity contribution in [3.05, 3.63) is 0 Å². The minimum atomic E-state index is -1.60. The fourth-order valence-electron chi connectivity index (χ4n) is 1.36. The summed E-state index contributed by atoms with van der Waals surface area (Å²) in [6.45, 7) is 13.6. The van der Waals surface area contributed by atoms with Gasteiger partial charge in [0.2, 0.25) is 0 Å². The molecule has 0 aliphatic carbocycles. The van der Waals surface area contributed by atoms with Gasteiger partial charge in [-0.1, -0.05) is 20.8 Å². The molecule has 1 amide bonds. The lowest BCUT2D eigenvalue weighted by Gasteiger charge is -2.36. The quantitative estimate of drug-likeness (QED) is 0.479. The first kappa shape index (κ1) is 19.4. The first-order valence-electron chi connectivity index (χ1n) is 7.35. The lowest BCUT2D eigenvalue weighted by molar-refractivity contribution is 0.127. The molecule has 0 aliphatic heterocycles. The molecule has 0 saturated carbocycles. The number of ether oxygens (including phenoxy) is 1. The SMILES string of the molecule is CC(C)(C)[Si](C)(C)OCCCCCOCCNC(=O)O. The number of hydrogen-bond acceptors (Lipinski definition) is 3. The molecule has 0 fully saturated rings. The standard InChI is InChI=1S/C14H31NO4Si/c1-14(2,3)20(4,5)19-11-8-6-7-10-18-12-9-15-13(16)17/h15H,6-12H2,1-5H3,(H,16,17). The molecule has 0 saturated heterocycles. The molecule has 0 aliphatic rings. The molecular formula is C14H31NO4Si. The molecule has 0 rings (SSSR count). The van der Waals surface area contributed by atoms with Gasteiger partial charge in [0.1, 0.15) is 0 Å². The maximum Gasteiger partial charge on any atom is 0.404 e. The zero-order valence-corrected chi connectivity index (χ0v) is 14.6. The Morgan fingerprint density at radius 1 is 1.10 bits per heavy atom. The zero-order chi connectivity index (χ0) is 15.6. The van der Waals surface area contributed by atoms with E-state index in [0.717, 1.165) is 25.9 Å². The van der Waals surface area contributed by atoms with E-state index in [1.54, 1.807) is 0 Å². The van der Waals surface area contributed by atoms with Gasteiger partial charge in [-0.2, -0.15) is 0 Å². The topological polar surface area (TPSA) is 67.8 Å². The molecule has 6 heteroatoms. The van der Waals surface area contributed by atoms with Gasteiger partial charge in [0, 0.05) is 19.8 Å². The number of hydrogen-bond donors (Lipinski definition) is 2. The molecule has 0 aromatic carbocycles. The van der Waals surface area contributed by atoms with Crippen LogP contribution in [0, 0.1) is 0 Å². The van der Waals surface area contributed by atoms with Crippen molar-refractivity contribution < 1.29 is 19.1 Å². The average molecular weight is 305 g/mol. The van der Waals surface area contributed by atoms with Gasteiger partial charge in [0.25, 0.3) is 0 Å². The van der Waals surface area contributed by atoms with E-state index in [0.29, 0.717) is 19.8 Å². The van der Waals surface area contributed by atoms with Gasteiger partial charge < -0.3 is 19.6 Å². The number of amides is 1. The summed E-state index contributed by atoms with van der Waals surface area (Å²) in [5.41, 5.74) is 0. The van der Waals surface area contributed by atoms with E-state index in [9.17, 15) is 4.79 Å². The number of unbranched alkanes of at least 4 members (excludes halogenated alkanes) is 2. The van der Waals surface area contributed by atoms with E-state index in [-0.39, 0.29) is 5.04 Å². The second kappa shape index (κ2) is 9.36. The second-order valence-corrected chi connectivity index (χ2v) is 11.3. The monoisotopic (exact) mass is 305 g/mol. The van der Waals surface area contributed by atoms with E-state index in [1.807, 2.05) is 0 Å². The van der Waals surface area contributed by atoms with Crippen molar-refractivity contribution in [1.82, 2.24) is 5.32 Å². The van der Waals surface area contributed by atoms with Gasteiger partial charge in [-0.05, 0) is 37.4 Å². The normalized spacial score (nSPS) is 12.4. The number of carboxylic acid groups (broad SMARTS) is 1. The van der Waals surface area contributed by atoms with E-state index >= 15 is 0 Å². The maximum atomic E-state index is 10.2. The zero-order valence-electron chi connectivity index (χ0n) is 13.6. The van der Waals surface area contributed by atoms with Crippen LogP contribution in [-0.2, 0) is 9.16 Å². The summed E-state index contributed by atoms with van der Waals surface area (Å²) < 4.78 is 11.4. The van der Waals surface area contributed by atoms with E-state index in [1.165, 1.54) is 0 Å². The summed E-state index contributed by atoms with van der Waals surface area (Å²) in [6, 6.07) is 0. The van der Waals surface area contributed by atoms with Crippen LogP contribution in [-0.4, -0.2) is 45.9 Å². The Balaban J connectivity index is 3.39. The number of carbonyl (C=O) groups is 1. The van der Waals surface area contributed by atoms with Crippen LogP contribution in [0.15, 0.2) is 0 Å². The van der Waals surface area contributed by atoms with E-state index in [2.05, 4.69) is 39.2 Å². The Kier molecular flexibility index (Phi) is 9.08. The van der Waals surface area contributed by atoms with Crippen LogP contribution in [0.2, 0.25) is 18.1 Å². The molecule has 0 bridgehead atoms. The maximum absolute atomic E-state index is 10.2. The van der Waals surface area contributed by atoms with Crippen LogP contribution in [0.4, 0.5) is 4.79 Å². The molecule has 0 radical (unpaired) electrons. The predicted octanol–water partition coefficient (Wildman–Crippen LogP) is 3.46. The summed E-state index contributed by atoms with van der Waals surface area (Å²) in [7, 11) is -1.60. The molecule has 0 unspecified atom stereocenters. The van der Waals surface area contributed by atoms with Crippen LogP contribution in [0.1, 0.15) is 40.0 Å². The van der Waals surface area contributed by atoms with Crippen molar-refractivity contribution in [3.8, 4) is 0 Å². The molecular weight excluding hydrogens is 274 g/mol. The molecule has 20 heavy (non-hydrogen) atoms. The Morgan fingerprint density at radius 3 is 2.25 bits per heavy atom. The van der Waals surface area contributed by atoms with Crippen LogP contribution < -0.4 is 5.32 Å². The molecule has 0 aromatic heterocycles. The molecule has 2 N–H and O–H groups in total. The Bertz CT molecular complexity index is 277. The van der Waals surface area contributed by atoms with Crippen LogP contribution in [0.25, 0.3) is 0 Å². The second-order valence-electron chi connectivity index (χ2n) is 6.51. The van der Waals surface area contributed by atoms with Gasteiger partial charge in [-0.3, -0.25) is 0 Å². The predicted molar refractivity (Wildman–Crippen MR) is 83.8 cm³/mol. The molecule has 0 heterocycles. The largest absolute Gasteiger partial charge is 0.465 e. The Morgan fingerprint density at radius 2 is 1.70 bits per heavy atom. The summed E-state index contributed by atoms with van der Waals surface area (Å²) in [5.74, 6) is 0. The Labute approximate surface area is 124 Å². The first-order chi connectivity index (χ1) is 9.17. The molecule has 0 aromatic rings. The van der Waals surface area contributed by atoms with Gasteiger partial charge in [-0.25, -0.2) is 4.79 Å². The van der Waals surface area contributed by atoms with Crippen LogP contribution in [0.3, 0.4) is 0 Å². The van der Waals surface area contributed by atoms with Crippen LogP contribution in [0.5, 0.6) is 0 Å². The van der Waals surface area contributed by atoms with Crippen molar-refractivity contribution in [2.75, 3.05) is 26.4 Å². The van der Waals surface area contributed by atoms with Crippen molar-refractivity contribution in [3.63, 3.8) is 0 Å². The first-order valence-corrected chi connectivity index (χ1v) is 10.3. The summed E-state index contributed by atoms with van der Waals surface area (Å²) in [6.07, 6.45) is 2.13. The average Bonchev–Trinajstić information content (AvgIpc) is 2.29. The lowest BCUT2D eigenvalue weighted by atomic mass is 10.2. The third-order valence-corrected chi connectivity index (χ3v) is 8.26. The van der Waals surface area contributed by atoms with Crippen LogP contribution >= 0.6 is 0 Å². The Hall–Kier alpha value is -0.593. The molecule has 120 valence electrons. The third-order valence-electron chi connectivity index (χ3n) is 3.72. The third kappa shape index (κ3) is 9.33. The highest BCUT2D eigenvalue weighted by Crippen LogP contribution is 2.36. The van der Waals surface area contributed by atoms with Gasteiger partial charge >= 0.3 is 6.09 Å². The number of rotatable bonds is 10. The smallest absolute Gasteiger partial charge is 0.404 e. The minimum absolute atomic E-state index is 0.271. The minimum Gasteiger partial charge on any atom is -0.465 e. The van der Waals surface area contributed by atoms with Crippen molar-refractivity contribution in [2.24, 2.45) is 0 Å².